The van der Waals surface area contributed by atoms with Crippen molar-refractivity contribution in [1.82, 2.24) is 0 Å². The zero-order chi connectivity index (χ0) is 18.4. The Hall–Kier alpha value is -1.96. The summed E-state index contributed by atoms with van der Waals surface area (Å²) in [6.45, 7) is 0. The predicted molar refractivity (Wildman–Crippen MR) is 100 cm³/mol. The SMILES string of the molecule is CN(C)c1c(Cl)cccc1NS(=O)(=O)c1cc2c(cc1Cl)NC(=O)C2. The molecule has 1 amide bonds. The van der Waals surface area contributed by atoms with Gasteiger partial charge in [-0.05, 0) is 29.8 Å². The molecule has 0 spiro atoms. The Morgan fingerprint density at radius 3 is 2.56 bits per heavy atom. The number of hydrogen-bond acceptors (Lipinski definition) is 4. The lowest BCUT2D eigenvalue weighted by Gasteiger charge is -2.20. The van der Waals surface area contributed by atoms with Crippen LogP contribution < -0.4 is 14.9 Å². The normalized spacial score (nSPS) is 13.4. The molecule has 0 aliphatic carbocycles. The van der Waals surface area contributed by atoms with E-state index >= 15 is 0 Å². The highest BCUT2D eigenvalue weighted by atomic mass is 35.5. The van der Waals surface area contributed by atoms with Gasteiger partial charge in [-0.3, -0.25) is 9.52 Å². The minimum absolute atomic E-state index is 0.0295. The molecule has 0 aromatic heterocycles. The van der Waals surface area contributed by atoms with Gasteiger partial charge in [0.15, 0.2) is 0 Å². The number of carbonyl (C=O) groups is 1. The number of benzene rings is 2. The predicted octanol–water partition coefficient (Wildman–Crippen LogP) is 3.35. The number of carbonyl (C=O) groups excluding carboxylic acids is 1. The molecule has 2 aromatic rings. The van der Waals surface area contributed by atoms with Crippen molar-refractivity contribution < 1.29 is 13.2 Å². The molecule has 6 nitrogen and oxygen atoms in total. The average molecular weight is 400 g/mol. The number of rotatable bonds is 4. The number of fused-ring (bicyclic) bond motifs is 1. The third-order valence-electron chi connectivity index (χ3n) is 3.75. The van der Waals surface area contributed by atoms with Crippen molar-refractivity contribution in [1.29, 1.82) is 0 Å². The van der Waals surface area contributed by atoms with Gasteiger partial charge in [0.1, 0.15) is 4.90 Å². The smallest absolute Gasteiger partial charge is 0.263 e. The first-order chi connectivity index (χ1) is 11.7. The van der Waals surface area contributed by atoms with Crippen molar-refractivity contribution in [3.63, 3.8) is 0 Å². The molecule has 25 heavy (non-hydrogen) atoms. The highest BCUT2D eigenvalue weighted by molar-refractivity contribution is 7.92. The van der Waals surface area contributed by atoms with Crippen LogP contribution in [0.5, 0.6) is 0 Å². The molecule has 0 bridgehead atoms. The summed E-state index contributed by atoms with van der Waals surface area (Å²) in [7, 11) is -0.437. The minimum atomic E-state index is -3.96. The molecule has 1 heterocycles. The number of halogens is 2. The quantitative estimate of drug-likeness (QED) is 0.825. The van der Waals surface area contributed by atoms with Crippen molar-refractivity contribution in [3.8, 4) is 0 Å². The Bertz CT molecular complexity index is 975. The number of nitrogens with zero attached hydrogens (tertiary/aromatic N) is 1. The van der Waals surface area contributed by atoms with E-state index in [1.165, 1.54) is 12.1 Å². The Balaban J connectivity index is 2.04. The number of nitrogens with one attached hydrogen (secondary N) is 2. The Morgan fingerprint density at radius 1 is 1.16 bits per heavy atom. The lowest BCUT2D eigenvalue weighted by atomic mass is 10.2. The molecule has 0 radical (unpaired) electrons. The molecule has 1 aliphatic heterocycles. The molecule has 3 rings (SSSR count). The third-order valence-corrected chi connectivity index (χ3v) is 5.89. The van der Waals surface area contributed by atoms with Crippen molar-refractivity contribution >= 4 is 56.2 Å². The molecule has 0 fully saturated rings. The van der Waals surface area contributed by atoms with Gasteiger partial charge in [-0.15, -0.1) is 0 Å². The molecule has 1 aliphatic rings. The molecular weight excluding hydrogens is 385 g/mol. The number of hydrogen-bond donors (Lipinski definition) is 2. The second-order valence-corrected chi connectivity index (χ2v) is 8.27. The van der Waals surface area contributed by atoms with Gasteiger partial charge in [0.05, 0.1) is 27.8 Å². The number of sulfonamides is 1. The largest absolute Gasteiger partial charge is 0.375 e. The molecule has 2 aromatic carbocycles. The summed E-state index contributed by atoms with van der Waals surface area (Å²) in [5, 5.41) is 3.08. The topological polar surface area (TPSA) is 78.5 Å². The first-order valence-electron chi connectivity index (χ1n) is 7.30. The third kappa shape index (κ3) is 3.40. The molecule has 0 saturated carbocycles. The van der Waals surface area contributed by atoms with E-state index in [0.717, 1.165) is 0 Å². The van der Waals surface area contributed by atoms with Crippen LogP contribution in [0.25, 0.3) is 0 Å². The fraction of sp³-hybridized carbons (Fsp3) is 0.188. The zero-order valence-corrected chi connectivity index (χ0v) is 15.8. The highest BCUT2D eigenvalue weighted by Gasteiger charge is 2.26. The summed E-state index contributed by atoms with van der Waals surface area (Å²) in [6.07, 6.45) is 0.120. The number of amides is 1. The van der Waals surface area contributed by atoms with Crippen LogP contribution in [0.3, 0.4) is 0 Å². The monoisotopic (exact) mass is 399 g/mol. The van der Waals surface area contributed by atoms with Crippen molar-refractivity contribution in [2.45, 2.75) is 11.3 Å². The van der Waals surface area contributed by atoms with Crippen LogP contribution in [0.1, 0.15) is 5.56 Å². The van der Waals surface area contributed by atoms with Crippen LogP contribution >= 0.6 is 23.2 Å². The van der Waals surface area contributed by atoms with Gasteiger partial charge in [0.25, 0.3) is 10.0 Å². The summed E-state index contributed by atoms with van der Waals surface area (Å²) in [5.41, 5.74) is 2.00. The van der Waals surface area contributed by atoms with Gasteiger partial charge < -0.3 is 10.2 Å². The lowest BCUT2D eigenvalue weighted by molar-refractivity contribution is -0.115. The van der Waals surface area contributed by atoms with E-state index in [4.69, 9.17) is 23.2 Å². The van der Waals surface area contributed by atoms with Gasteiger partial charge in [0, 0.05) is 19.8 Å². The second-order valence-electron chi connectivity index (χ2n) is 5.80. The lowest BCUT2D eigenvalue weighted by Crippen LogP contribution is -2.18. The summed E-state index contributed by atoms with van der Waals surface area (Å²) >= 11 is 12.3. The van der Waals surface area contributed by atoms with E-state index in [0.29, 0.717) is 27.6 Å². The van der Waals surface area contributed by atoms with Gasteiger partial charge in [0.2, 0.25) is 5.91 Å². The maximum atomic E-state index is 12.8. The summed E-state index contributed by atoms with van der Waals surface area (Å²) in [4.78, 5) is 13.1. The average Bonchev–Trinajstić information content (AvgIpc) is 2.84. The zero-order valence-electron chi connectivity index (χ0n) is 13.4. The molecule has 0 atom stereocenters. The molecule has 2 N–H and O–H groups in total. The number of anilines is 3. The van der Waals surface area contributed by atoms with E-state index in [1.54, 1.807) is 37.2 Å². The van der Waals surface area contributed by atoms with E-state index in [1.807, 2.05) is 0 Å². The molecular formula is C16H15Cl2N3O3S. The van der Waals surface area contributed by atoms with Crippen LogP contribution in [0.2, 0.25) is 10.0 Å². The molecule has 9 heteroatoms. The highest BCUT2D eigenvalue weighted by Crippen LogP contribution is 2.36. The van der Waals surface area contributed by atoms with Crippen LogP contribution in [0.4, 0.5) is 17.1 Å². The van der Waals surface area contributed by atoms with Crippen LogP contribution in [0.15, 0.2) is 35.2 Å². The summed E-state index contributed by atoms with van der Waals surface area (Å²) in [5.74, 6) is -0.196. The minimum Gasteiger partial charge on any atom is -0.375 e. The van der Waals surface area contributed by atoms with Crippen molar-refractivity contribution in [3.05, 3.63) is 45.9 Å². The van der Waals surface area contributed by atoms with Crippen LogP contribution in [-0.2, 0) is 21.2 Å². The van der Waals surface area contributed by atoms with Crippen molar-refractivity contribution in [2.24, 2.45) is 0 Å². The Kier molecular flexibility index (Phi) is 4.57. The standard InChI is InChI=1S/C16H15Cl2N3O3S/c1-21(2)16-10(17)4-3-5-12(16)20-25(23,24)14-6-9-7-15(22)19-13(9)8-11(14)18/h3-6,8,20H,7H2,1-2H3,(H,19,22). The fourth-order valence-corrected chi connectivity index (χ4v) is 4.67. The Labute approximate surface area is 155 Å². The first kappa shape index (κ1) is 17.8. The number of para-hydroxylation sites is 1. The summed E-state index contributed by atoms with van der Waals surface area (Å²) in [6, 6.07) is 7.80. The van der Waals surface area contributed by atoms with Gasteiger partial charge in [-0.25, -0.2) is 8.42 Å². The maximum Gasteiger partial charge on any atom is 0.263 e. The van der Waals surface area contributed by atoms with E-state index in [-0.39, 0.29) is 22.2 Å². The summed E-state index contributed by atoms with van der Waals surface area (Å²) < 4.78 is 28.2. The van der Waals surface area contributed by atoms with Crippen LogP contribution in [-0.4, -0.2) is 28.4 Å². The molecule has 132 valence electrons. The van der Waals surface area contributed by atoms with Crippen molar-refractivity contribution in [2.75, 3.05) is 29.0 Å². The molecule has 0 unspecified atom stereocenters. The first-order valence-corrected chi connectivity index (χ1v) is 9.54. The van der Waals surface area contributed by atoms with Crippen LogP contribution in [0, 0.1) is 0 Å². The second kappa shape index (κ2) is 6.40. The Morgan fingerprint density at radius 2 is 1.88 bits per heavy atom. The van der Waals surface area contributed by atoms with Gasteiger partial charge >= 0.3 is 0 Å². The fourth-order valence-electron chi connectivity index (χ4n) is 2.68. The van der Waals surface area contributed by atoms with E-state index in [9.17, 15) is 13.2 Å². The van der Waals surface area contributed by atoms with E-state index < -0.39 is 10.0 Å². The van der Waals surface area contributed by atoms with Gasteiger partial charge in [-0.1, -0.05) is 29.3 Å². The molecule has 0 saturated heterocycles. The van der Waals surface area contributed by atoms with Gasteiger partial charge in [-0.2, -0.15) is 0 Å². The maximum absolute atomic E-state index is 12.8. The van der Waals surface area contributed by atoms with E-state index in [2.05, 4.69) is 10.0 Å².